The summed E-state index contributed by atoms with van der Waals surface area (Å²) < 4.78 is 0. The smallest absolute Gasteiger partial charge is 0.131 e. The van der Waals surface area contributed by atoms with Crippen LogP contribution in [0, 0.1) is 0 Å². The summed E-state index contributed by atoms with van der Waals surface area (Å²) in [6.07, 6.45) is 0. The first-order valence-corrected chi connectivity index (χ1v) is 13.3. The van der Waals surface area contributed by atoms with E-state index in [9.17, 15) is 5.11 Å². The van der Waals surface area contributed by atoms with Crippen LogP contribution in [0.5, 0.6) is 5.75 Å². The summed E-state index contributed by atoms with van der Waals surface area (Å²) in [6.45, 7) is 20.0. The van der Waals surface area contributed by atoms with Crippen LogP contribution in [0.2, 0.25) is 0 Å². The highest BCUT2D eigenvalue weighted by Gasteiger charge is 2.19. The van der Waals surface area contributed by atoms with Gasteiger partial charge in [-0.3, -0.25) is 0 Å². The molecule has 0 saturated heterocycles. The molecule has 1 nitrogen and oxygen atoms in total. The molecule has 0 radical (unpaired) electrons. The molecule has 0 saturated carbocycles. The predicted octanol–water partition coefficient (Wildman–Crippen LogP) is 10.3. The molecule has 0 bridgehead atoms. The van der Waals surface area contributed by atoms with E-state index in [1.165, 1.54) is 16.7 Å². The molecule has 0 aliphatic rings. The summed E-state index contributed by atoms with van der Waals surface area (Å²) in [5, 5.41) is 11.6. The fourth-order valence-corrected chi connectivity index (χ4v) is 4.70. The van der Waals surface area contributed by atoms with Crippen LogP contribution in [-0.2, 0) is 16.2 Å². The maximum Gasteiger partial charge on any atom is 0.131 e. The van der Waals surface area contributed by atoms with Gasteiger partial charge in [-0.25, -0.2) is 0 Å². The maximum absolute atomic E-state index is 11.6. The number of hydrogen-bond acceptors (Lipinski definition) is 1. The Morgan fingerprint density at radius 1 is 0.378 bits per heavy atom. The average molecular weight is 491 g/mol. The van der Waals surface area contributed by atoms with Gasteiger partial charge in [0.25, 0.3) is 0 Å². The molecular weight excluding hydrogens is 448 g/mol. The topological polar surface area (TPSA) is 20.2 Å². The van der Waals surface area contributed by atoms with Gasteiger partial charge in [-0.15, -0.1) is 0 Å². The lowest BCUT2D eigenvalue weighted by molar-refractivity contribution is 0.479. The second-order valence-electron chi connectivity index (χ2n) is 13.4. The standard InChI is InChI=1S/C36H42O/c1-34(2,3)28-16-10-24(11-17-28)27-22-31(25-12-18-29(19-13-25)35(4,5)6)33(37)32(23-27)26-14-20-30(21-15-26)36(7,8)9/h10-23,37H,1-9H3. The Labute approximate surface area is 224 Å². The Bertz CT molecular complexity index is 1290. The van der Waals surface area contributed by atoms with Gasteiger partial charge in [0.15, 0.2) is 0 Å². The third kappa shape index (κ3) is 5.82. The van der Waals surface area contributed by atoms with Crippen LogP contribution in [0.4, 0.5) is 0 Å². The molecule has 4 rings (SSSR count). The highest BCUT2D eigenvalue weighted by molar-refractivity contribution is 5.87. The molecule has 37 heavy (non-hydrogen) atoms. The number of rotatable bonds is 3. The highest BCUT2D eigenvalue weighted by atomic mass is 16.3. The first kappa shape index (κ1) is 26.7. The molecule has 0 amide bonds. The number of benzene rings is 4. The lowest BCUT2D eigenvalue weighted by Crippen LogP contribution is -2.10. The Morgan fingerprint density at radius 3 is 0.919 bits per heavy atom. The van der Waals surface area contributed by atoms with E-state index in [2.05, 4.69) is 147 Å². The van der Waals surface area contributed by atoms with Crippen molar-refractivity contribution in [2.75, 3.05) is 0 Å². The molecule has 1 N–H and O–H groups in total. The number of hydrogen-bond donors (Lipinski definition) is 1. The minimum Gasteiger partial charge on any atom is -0.507 e. The van der Waals surface area contributed by atoms with Crippen LogP contribution in [0.1, 0.15) is 79.0 Å². The summed E-state index contributed by atoms with van der Waals surface area (Å²) in [6, 6.07) is 30.3. The van der Waals surface area contributed by atoms with E-state index in [4.69, 9.17) is 0 Å². The molecule has 0 fully saturated rings. The molecule has 4 aromatic rings. The van der Waals surface area contributed by atoms with Crippen LogP contribution < -0.4 is 0 Å². The zero-order valence-corrected chi connectivity index (χ0v) is 24.0. The quantitative estimate of drug-likeness (QED) is 0.303. The third-order valence-electron chi connectivity index (χ3n) is 7.32. The Kier molecular flexibility index (Phi) is 6.88. The van der Waals surface area contributed by atoms with Gasteiger partial charge in [0, 0.05) is 11.1 Å². The van der Waals surface area contributed by atoms with E-state index in [1.807, 2.05) is 0 Å². The van der Waals surface area contributed by atoms with E-state index in [0.717, 1.165) is 33.4 Å². The van der Waals surface area contributed by atoms with Crippen molar-refractivity contribution in [1.29, 1.82) is 0 Å². The Morgan fingerprint density at radius 2 is 0.649 bits per heavy atom. The zero-order valence-electron chi connectivity index (χ0n) is 24.0. The van der Waals surface area contributed by atoms with Crippen molar-refractivity contribution in [3.05, 3.63) is 102 Å². The normalized spacial score (nSPS) is 12.6. The molecule has 0 aliphatic heterocycles. The van der Waals surface area contributed by atoms with Gasteiger partial charge in [0.1, 0.15) is 5.75 Å². The van der Waals surface area contributed by atoms with Gasteiger partial charge in [-0.2, -0.15) is 0 Å². The van der Waals surface area contributed by atoms with Gasteiger partial charge in [0.2, 0.25) is 0 Å². The van der Waals surface area contributed by atoms with Crippen molar-refractivity contribution in [2.24, 2.45) is 0 Å². The third-order valence-corrected chi connectivity index (χ3v) is 7.32. The second kappa shape index (κ2) is 9.53. The zero-order chi connectivity index (χ0) is 27.2. The van der Waals surface area contributed by atoms with Gasteiger partial charge < -0.3 is 5.11 Å². The molecule has 1 heteroatoms. The molecular formula is C36H42O. The summed E-state index contributed by atoms with van der Waals surface area (Å²) in [5.74, 6) is 0.321. The monoisotopic (exact) mass is 490 g/mol. The van der Waals surface area contributed by atoms with Crippen molar-refractivity contribution in [1.82, 2.24) is 0 Å². The molecule has 0 aromatic heterocycles. The first-order valence-electron chi connectivity index (χ1n) is 13.3. The van der Waals surface area contributed by atoms with Gasteiger partial charge in [-0.05, 0) is 67.3 Å². The summed E-state index contributed by atoms with van der Waals surface area (Å²) in [5.41, 5.74) is 10.1. The van der Waals surface area contributed by atoms with Crippen LogP contribution in [0.15, 0.2) is 84.9 Å². The summed E-state index contributed by atoms with van der Waals surface area (Å²) in [7, 11) is 0. The van der Waals surface area contributed by atoms with Gasteiger partial charge in [-0.1, -0.05) is 135 Å². The average Bonchev–Trinajstić information content (AvgIpc) is 2.83. The van der Waals surface area contributed by atoms with E-state index < -0.39 is 0 Å². The predicted molar refractivity (Wildman–Crippen MR) is 161 cm³/mol. The lowest BCUT2D eigenvalue weighted by atomic mass is 9.84. The fourth-order valence-electron chi connectivity index (χ4n) is 4.70. The summed E-state index contributed by atoms with van der Waals surface area (Å²) in [4.78, 5) is 0. The first-order chi connectivity index (χ1) is 17.1. The van der Waals surface area contributed by atoms with E-state index in [-0.39, 0.29) is 16.2 Å². The van der Waals surface area contributed by atoms with E-state index >= 15 is 0 Å². The highest BCUT2D eigenvalue weighted by Crippen LogP contribution is 2.43. The Balaban J connectivity index is 1.88. The van der Waals surface area contributed by atoms with Crippen LogP contribution in [-0.4, -0.2) is 5.11 Å². The number of aromatic hydroxyl groups is 1. The molecule has 0 atom stereocenters. The minimum absolute atomic E-state index is 0.0805. The minimum atomic E-state index is 0.0805. The van der Waals surface area contributed by atoms with Crippen molar-refractivity contribution < 1.29 is 5.11 Å². The largest absolute Gasteiger partial charge is 0.507 e. The van der Waals surface area contributed by atoms with Crippen LogP contribution in [0.25, 0.3) is 33.4 Å². The SMILES string of the molecule is CC(C)(C)c1ccc(-c2cc(-c3ccc(C(C)(C)C)cc3)c(O)c(-c3ccc(C(C)(C)C)cc3)c2)cc1. The number of phenolic OH excluding ortho intramolecular Hbond substituents is 1. The molecule has 0 spiro atoms. The van der Waals surface area contributed by atoms with Crippen molar-refractivity contribution >= 4 is 0 Å². The van der Waals surface area contributed by atoms with Crippen molar-refractivity contribution in [2.45, 2.75) is 78.6 Å². The molecule has 0 heterocycles. The molecule has 192 valence electrons. The number of phenols is 1. The van der Waals surface area contributed by atoms with Crippen LogP contribution in [0.3, 0.4) is 0 Å². The van der Waals surface area contributed by atoms with Gasteiger partial charge in [0.05, 0.1) is 0 Å². The van der Waals surface area contributed by atoms with E-state index in [0.29, 0.717) is 5.75 Å². The van der Waals surface area contributed by atoms with Crippen molar-refractivity contribution in [3.63, 3.8) is 0 Å². The maximum atomic E-state index is 11.6. The second-order valence-corrected chi connectivity index (χ2v) is 13.4. The van der Waals surface area contributed by atoms with Crippen LogP contribution >= 0.6 is 0 Å². The molecule has 0 aliphatic carbocycles. The van der Waals surface area contributed by atoms with E-state index in [1.54, 1.807) is 0 Å². The fraction of sp³-hybridized carbons (Fsp3) is 0.333. The summed E-state index contributed by atoms with van der Waals surface area (Å²) >= 11 is 0. The molecule has 0 unspecified atom stereocenters. The van der Waals surface area contributed by atoms with Gasteiger partial charge >= 0.3 is 0 Å². The van der Waals surface area contributed by atoms with Crippen molar-refractivity contribution in [3.8, 4) is 39.1 Å². The molecule has 4 aromatic carbocycles. The Hall–Kier alpha value is -3.32. The lowest BCUT2D eigenvalue weighted by Gasteiger charge is -2.21.